The zero-order valence-electron chi connectivity index (χ0n) is 22.8. The predicted molar refractivity (Wildman–Crippen MR) is 142 cm³/mol. The summed E-state index contributed by atoms with van der Waals surface area (Å²) in [5.74, 6) is -0.585. The van der Waals surface area contributed by atoms with Crippen molar-refractivity contribution in [3.63, 3.8) is 0 Å². The summed E-state index contributed by atoms with van der Waals surface area (Å²) in [4.78, 5) is 17.5. The molecule has 0 spiro atoms. The highest BCUT2D eigenvalue weighted by atomic mass is 19.4. The van der Waals surface area contributed by atoms with Crippen LogP contribution in [0.2, 0.25) is 0 Å². The monoisotopic (exact) mass is 591 g/mol. The standard InChI is InChI=1S/C29H29F4N3O6/c1-39-14-27(38,13-35-26(37)17-5-10-21(22(11-17)40-2)42-19-8-9-19)23-12-20-25(41-15-28(20,34)29(31,32)33)24(36-23)16-3-6-18(30)7-4-16/h3-7,10-12,19,38H,8-9,13-15,34H2,1-2H3,(H,35,37)/t27-,28+/m1/s1. The average molecular weight is 592 g/mol. The Labute approximate surface area is 238 Å². The van der Waals surface area contributed by atoms with Gasteiger partial charge >= 0.3 is 6.18 Å². The second-order valence-electron chi connectivity index (χ2n) is 10.3. The number of hydrogen-bond donors (Lipinski definition) is 3. The van der Waals surface area contributed by atoms with E-state index >= 15 is 0 Å². The van der Waals surface area contributed by atoms with Gasteiger partial charge in [-0.1, -0.05) is 0 Å². The lowest BCUT2D eigenvalue weighted by atomic mass is 9.88. The molecule has 0 radical (unpaired) electrons. The summed E-state index contributed by atoms with van der Waals surface area (Å²) in [6.07, 6.45) is -2.94. The van der Waals surface area contributed by atoms with Crippen molar-refractivity contribution in [3.05, 3.63) is 71.2 Å². The van der Waals surface area contributed by atoms with Gasteiger partial charge in [-0.05, 0) is 61.4 Å². The molecule has 2 heterocycles. The van der Waals surface area contributed by atoms with Crippen LogP contribution in [0.4, 0.5) is 17.6 Å². The molecule has 224 valence electrons. The van der Waals surface area contributed by atoms with Gasteiger partial charge in [0.15, 0.2) is 22.8 Å². The van der Waals surface area contributed by atoms with Gasteiger partial charge in [-0.3, -0.25) is 4.79 Å². The van der Waals surface area contributed by atoms with Crippen LogP contribution >= 0.6 is 0 Å². The fourth-order valence-corrected chi connectivity index (χ4v) is 4.61. The van der Waals surface area contributed by atoms with Gasteiger partial charge in [0.2, 0.25) is 0 Å². The van der Waals surface area contributed by atoms with E-state index < -0.39 is 54.4 Å². The van der Waals surface area contributed by atoms with Crippen LogP contribution in [0, 0.1) is 5.82 Å². The Bertz CT molecular complexity index is 1480. The third-order valence-electron chi connectivity index (χ3n) is 7.17. The number of alkyl halides is 3. The van der Waals surface area contributed by atoms with Gasteiger partial charge in [-0.2, -0.15) is 13.2 Å². The number of nitrogens with one attached hydrogen (secondary N) is 1. The Kier molecular flexibility index (Phi) is 7.77. The molecule has 0 saturated heterocycles. The van der Waals surface area contributed by atoms with E-state index in [0.717, 1.165) is 31.0 Å². The Hall–Kier alpha value is -3.94. The molecule has 13 heteroatoms. The topological polar surface area (TPSA) is 125 Å². The molecule has 2 aliphatic rings. The number of ether oxygens (including phenoxy) is 4. The first-order valence-corrected chi connectivity index (χ1v) is 13.0. The SMILES string of the molecule is COC[C@](O)(CNC(=O)c1ccc(OC2CC2)c(OC)c1)c1cc2c(c(-c3ccc(F)cc3)n1)OC[C@@]2(N)C(F)(F)F. The zero-order valence-corrected chi connectivity index (χ0v) is 22.8. The third kappa shape index (κ3) is 5.59. The lowest BCUT2D eigenvalue weighted by molar-refractivity contribution is -0.191. The highest BCUT2D eigenvalue weighted by molar-refractivity contribution is 5.95. The number of rotatable bonds is 10. The van der Waals surface area contributed by atoms with Crippen molar-refractivity contribution in [2.75, 3.05) is 34.0 Å². The number of fused-ring (bicyclic) bond motifs is 1. The summed E-state index contributed by atoms with van der Waals surface area (Å²) >= 11 is 0. The lowest BCUT2D eigenvalue weighted by Gasteiger charge is -2.30. The van der Waals surface area contributed by atoms with Crippen molar-refractivity contribution < 1.29 is 46.4 Å². The van der Waals surface area contributed by atoms with Crippen LogP contribution in [0.15, 0.2) is 48.5 Å². The summed E-state index contributed by atoms with van der Waals surface area (Å²) in [5, 5.41) is 14.3. The van der Waals surface area contributed by atoms with E-state index in [1.165, 1.54) is 38.5 Å². The van der Waals surface area contributed by atoms with E-state index in [9.17, 15) is 27.5 Å². The summed E-state index contributed by atoms with van der Waals surface area (Å²) in [6.45, 7) is -1.88. The first-order valence-electron chi connectivity index (χ1n) is 13.0. The average Bonchev–Trinajstić information content (AvgIpc) is 3.71. The number of nitrogens with two attached hydrogens (primary N) is 1. The van der Waals surface area contributed by atoms with Gasteiger partial charge in [0, 0.05) is 23.8 Å². The molecule has 0 bridgehead atoms. The first kappa shape index (κ1) is 29.5. The number of methoxy groups -OCH3 is 2. The van der Waals surface area contributed by atoms with E-state index in [2.05, 4.69) is 10.3 Å². The number of hydrogen-bond acceptors (Lipinski definition) is 8. The van der Waals surface area contributed by atoms with Crippen LogP contribution in [0.5, 0.6) is 17.2 Å². The molecule has 1 fully saturated rings. The van der Waals surface area contributed by atoms with Crippen molar-refractivity contribution in [2.45, 2.75) is 36.3 Å². The van der Waals surface area contributed by atoms with Crippen LogP contribution in [0.3, 0.4) is 0 Å². The number of aliphatic hydroxyl groups is 1. The Morgan fingerprint density at radius 1 is 1.14 bits per heavy atom. The minimum atomic E-state index is -4.92. The van der Waals surface area contributed by atoms with E-state index in [-0.39, 0.29) is 34.4 Å². The van der Waals surface area contributed by atoms with Crippen LogP contribution in [-0.4, -0.2) is 62.3 Å². The zero-order chi connectivity index (χ0) is 30.3. The Balaban J connectivity index is 1.50. The molecular formula is C29H29F4N3O6. The second kappa shape index (κ2) is 11.0. The van der Waals surface area contributed by atoms with Gasteiger partial charge in [0.1, 0.15) is 23.7 Å². The summed E-state index contributed by atoms with van der Waals surface area (Å²) in [6, 6.07) is 10.5. The Morgan fingerprint density at radius 2 is 1.86 bits per heavy atom. The number of carbonyl (C=O) groups is 1. The van der Waals surface area contributed by atoms with Crippen LogP contribution < -0.4 is 25.3 Å². The molecule has 0 unspecified atom stereocenters. The van der Waals surface area contributed by atoms with Gasteiger partial charge in [-0.15, -0.1) is 0 Å². The molecule has 1 aliphatic carbocycles. The molecule has 1 aromatic heterocycles. The van der Waals surface area contributed by atoms with Gasteiger partial charge in [0.05, 0.1) is 32.1 Å². The number of amides is 1. The second-order valence-corrected chi connectivity index (χ2v) is 10.3. The smallest absolute Gasteiger partial charge is 0.414 e. The molecule has 42 heavy (non-hydrogen) atoms. The number of benzene rings is 2. The number of pyridine rings is 1. The highest BCUT2D eigenvalue weighted by Gasteiger charge is 2.59. The Morgan fingerprint density at radius 3 is 2.48 bits per heavy atom. The highest BCUT2D eigenvalue weighted by Crippen LogP contribution is 2.49. The molecule has 1 saturated carbocycles. The van der Waals surface area contributed by atoms with Crippen LogP contribution in [0.1, 0.15) is 34.5 Å². The molecule has 1 amide bonds. The molecular weight excluding hydrogens is 562 g/mol. The van der Waals surface area contributed by atoms with E-state index in [1.54, 1.807) is 6.07 Å². The minimum absolute atomic E-state index is 0.0871. The van der Waals surface area contributed by atoms with Gasteiger partial charge < -0.3 is 35.1 Å². The molecule has 1 aliphatic heterocycles. The third-order valence-corrected chi connectivity index (χ3v) is 7.17. The maximum absolute atomic E-state index is 14.2. The molecule has 5 rings (SSSR count). The molecule has 4 N–H and O–H groups in total. The minimum Gasteiger partial charge on any atom is -0.493 e. The fraction of sp³-hybridized carbons (Fsp3) is 0.379. The number of aromatic nitrogens is 1. The van der Waals surface area contributed by atoms with E-state index in [1.807, 2.05) is 0 Å². The maximum Gasteiger partial charge on any atom is 0.414 e. The normalized spacial score (nSPS) is 19.4. The molecule has 2 aromatic carbocycles. The van der Waals surface area contributed by atoms with Crippen molar-refractivity contribution in [1.82, 2.24) is 10.3 Å². The summed E-state index contributed by atoms with van der Waals surface area (Å²) in [7, 11) is 2.71. The maximum atomic E-state index is 14.2. The summed E-state index contributed by atoms with van der Waals surface area (Å²) < 4.78 is 77.8. The molecule has 2 atom stereocenters. The van der Waals surface area contributed by atoms with Crippen molar-refractivity contribution in [1.29, 1.82) is 0 Å². The fourth-order valence-electron chi connectivity index (χ4n) is 4.61. The summed E-state index contributed by atoms with van der Waals surface area (Å²) in [5.41, 5.74) is 0.418. The van der Waals surface area contributed by atoms with Crippen molar-refractivity contribution in [2.24, 2.45) is 5.73 Å². The van der Waals surface area contributed by atoms with Crippen LogP contribution in [0.25, 0.3) is 11.3 Å². The van der Waals surface area contributed by atoms with E-state index in [4.69, 9.17) is 24.7 Å². The molecule has 9 nitrogen and oxygen atoms in total. The predicted octanol–water partition coefficient (Wildman–Crippen LogP) is 3.81. The van der Waals surface area contributed by atoms with E-state index in [0.29, 0.717) is 11.5 Å². The number of halogens is 4. The first-order chi connectivity index (χ1) is 19.9. The largest absolute Gasteiger partial charge is 0.493 e. The van der Waals surface area contributed by atoms with Crippen molar-refractivity contribution >= 4 is 5.91 Å². The lowest BCUT2D eigenvalue weighted by Crippen LogP contribution is -2.52. The van der Waals surface area contributed by atoms with Gasteiger partial charge in [-0.25, -0.2) is 9.37 Å². The number of carbonyl (C=O) groups excluding carboxylic acids is 1. The quantitative estimate of drug-likeness (QED) is 0.304. The number of nitrogens with zero attached hydrogens (tertiary/aromatic N) is 1. The van der Waals surface area contributed by atoms with Crippen molar-refractivity contribution in [3.8, 4) is 28.5 Å². The van der Waals surface area contributed by atoms with Gasteiger partial charge in [0.25, 0.3) is 5.91 Å². The molecule has 3 aromatic rings. The van der Waals surface area contributed by atoms with Crippen LogP contribution in [-0.2, 0) is 15.9 Å².